The average Bonchev–Trinajstić information content (AvgIpc) is 2.74. The van der Waals surface area contributed by atoms with Crippen molar-refractivity contribution >= 4 is 11.6 Å². The first kappa shape index (κ1) is 21.0. The van der Waals surface area contributed by atoms with E-state index in [4.69, 9.17) is 9.47 Å². The van der Waals surface area contributed by atoms with Crippen molar-refractivity contribution in [2.75, 3.05) is 12.4 Å². The number of hydrogen-bond donors (Lipinski definition) is 1. The summed E-state index contributed by atoms with van der Waals surface area (Å²) in [6.45, 7) is -2.59. The third-order valence-electron chi connectivity index (χ3n) is 4.08. The van der Waals surface area contributed by atoms with Gasteiger partial charge in [0.1, 0.15) is 12.4 Å². The lowest BCUT2D eigenvalue weighted by molar-refractivity contribution is -0.115. The van der Waals surface area contributed by atoms with Gasteiger partial charge in [-0.3, -0.25) is 9.78 Å². The molecule has 156 valence electrons. The first-order valence-electron chi connectivity index (χ1n) is 9.07. The number of ether oxygens (including phenoxy) is 3. The highest BCUT2D eigenvalue weighted by atomic mass is 19.3. The topological polar surface area (TPSA) is 69.7 Å². The van der Waals surface area contributed by atoms with Gasteiger partial charge in [-0.05, 0) is 35.9 Å². The maximum absolute atomic E-state index is 12.3. The molecule has 0 spiro atoms. The number of carbonyl (C=O) groups excluding carboxylic acids is 1. The number of aromatic nitrogens is 1. The van der Waals surface area contributed by atoms with Crippen molar-refractivity contribution in [2.45, 2.75) is 19.6 Å². The molecule has 1 N–H and O–H groups in total. The van der Waals surface area contributed by atoms with Gasteiger partial charge < -0.3 is 19.5 Å². The molecule has 0 saturated heterocycles. The maximum Gasteiger partial charge on any atom is 0.387 e. The van der Waals surface area contributed by atoms with Crippen LogP contribution in [0.25, 0.3) is 0 Å². The molecule has 0 unspecified atom stereocenters. The van der Waals surface area contributed by atoms with E-state index in [0.29, 0.717) is 29.4 Å². The van der Waals surface area contributed by atoms with Crippen molar-refractivity contribution in [1.29, 1.82) is 0 Å². The Kier molecular flexibility index (Phi) is 7.15. The number of nitrogens with one attached hydrogen (secondary N) is 1. The number of benzene rings is 2. The average molecular weight is 414 g/mol. The monoisotopic (exact) mass is 414 g/mol. The lowest BCUT2D eigenvalue weighted by atomic mass is 10.1. The van der Waals surface area contributed by atoms with Crippen LogP contribution in [-0.2, 0) is 17.8 Å². The number of anilines is 1. The van der Waals surface area contributed by atoms with Crippen LogP contribution in [0.2, 0.25) is 0 Å². The molecule has 0 aliphatic carbocycles. The molecule has 8 heteroatoms. The zero-order valence-electron chi connectivity index (χ0n) is 16.2. The molecule has 0 atom stereocenters. The highest BCUT2D eigenvalue weighted by Crippen LogP contribution is 2.31. The van der Waals surface area contributed by atoms with E-state index in [1.807, 2.05) is 12.1 Å². The van der Waals surface area contributed by atoms with Gasteiger partial charge in [-0.25, -0.2) is 0 Å². The maximum atomic E-state index is 12.3. The van der Waals surface area contributed by atoms with Crippen LogP contribution < -0.4 is 19.5 Å². The highest BCUT2D eigenvalue weighted by Gasteiger charge is 2.10. The molecular weight excluding hydrogens is 394 g/mol. The number of amides is 1. The molecule has 0 aliphatic rings. The third kappa shape index (κ3) is 6.16. The van der Waals surface area contributed by atoms with E-state index in [1.54, 1.807) is 42.7 Å². The summed E-state index contributed by atoms with van der Waals surface area (Å²) in [5.41, 5.74) is 2.10. The predicted molar refractivity (Wildman–Crippen MR) is 107 cm³/mol. The van der Waals surface area contributed by atoms with E-state index in [0.717, 1.165) is 5.56 Å². The number of nitrogens with zero attached hydrogens (tertiary/aromatic N) is 1. The molecule has 0 radical (unpaired) electrons. The fraction of sp³-hybridized carbons (Fsp3) is 0.182. The van der Waals surface area contributed by atoms with E-state index in [1.165, 1.54) is 19.2 Å². The Hall–Kier alpha value is -3.68. The van der Waals surface area contributed by atoms with Crippen LogP contribution in [0, 0.1) is 0 Å². The van der Waals surface area contributed by atoms with Crippen LogP contribution in [-0.4, -0.2) is 24.6 Å². The van der Waals surface area contributed by atoms with Gasteiger partial charge in [0, 0.05) is 29.7 Å². The second-order valence-electron chi connectivity index (χ2n) is 6.26. The van der Waals surface area contributed by atoms with Gasteiger partial charge in [0.05, 0.1) is 13.5 Å². The molecule has 30 heavy (non-hydrogen) atoms. The molecule has 0 bridgehead atoms. The SMILES string of the molecule is COc1ccc(NC(=O)Cc2ccc(OC(F)F)cc2)cc1OCc1cccnc1. The lowest BCUT2D eigenvalue weighted by Crippen LogP contribution is -2.14. The quantitative estimate of drug-likeness (QED) is 0.560. The van der Waals surface area contributed by atoms with Crippen LogP contribution in [0.5, 0.6) is 17.2 Å². The van der Waals surface area contributed by atoms with Crippen LogP contribution in [0.1, 0.15) is 11.1 Å². The van der Waals surface area contributed by atoms with Crippen molar-refractivity contribution in [1.82, 2.24) is 4.98 Å². The summed E-state index contributed by atoms with van der Waals surface area (Å²) < 4.78 is 39.8. The summed E-state index contributed by atoms with van der Waals surface area (Å²) in [6, 6.07) is 14.7. The number of methoxy groups -OCH3 is 1. The van der Waals surface area contributed by atoms with Crippen molar-refractivity contribution in [3.05, 3.63) is 78.1 Å². The van der Waals surface area contributed by atoms with E-state index in [-0.39, 0.29) is 18.1 Å². The Bertz CT molecular complexity index is 967. The van der Waals surface area contributed by atoms with Crippen molar-refractivity contribution < 1.29 is 27.8 Å². The van der Waals surface area contributed by atoms with Gasteiger partial charge in [-0.2, -0.15) is 8.78 Å². The summed E-state index contributed by atoms with van der Waals surface area (Å²) in [6.07, 6.45) is 3.46. The number of hydrogen-bond acceptors (Lipinski definition) is 5. The molecule has 0 aliphatic heterocycles. The minimum Gasteiger partial charge on any atom is -0.493 e. The van der Waals surface area contributed by atoms with E-state index < -0.39 is 6.61 Å². The molecular formula is C22H20F2N2O4. The van der Waals surface area contributed by atoms with Gasteiger partial charge in [0.25, 0.3) is 0 Å². The summed E-state index contributed by atoms with van der Waals surface area (Å²) in [7, 11) is 1.53. The predicted octanol–water partition coefficient (Wildman–Crippen LogP) is 4.45. The second kappa shape index (κ2) is 10.2. The summed E-state index contributed by atoms with van der Waals surface area (Å²) >= 11 is 0. The first-order chi connectivity index (χ1) is 14.5. The molecule has 3 aromatic rings. The smallest absolute Gasteiger partial charge is 0.387 e. The molecule has 0 fully saturated rings. The van der Waals surface area contributed by atoms with Crippen LogP contribution >= 0.6 is 0 Å². The third-order valence-corrected chi connectivity index (χ3v) is 4.08. The summed E-state index contributed by atoms with van der Waals surface area (Å²) in [4.78, 5) is 16.4. The molecule has 2 aromatic carbocycles. The Morgan fingerprint density at radius 2 is 1.87 bits per heavy atom. The fourth-order valence-corrected chi connectivity index (χ4v) is 2.69. The number of halogens is 2. The molecule has 1 heterocycles. The van der Waals surface area contributed by atoms with Gasteiger partial charge in [0.15, 0.2) is 11.5 Å². The van der Waals surface area contributed by atoms with E-state index in [2.05, 4.69) is 15.0 Å². The minimum atomic E-state index is -2.89. The number of pyridine rings is 1. The largest absolute Gasteiger partial charge is 0.493 e. The normalized spacial score (nSPS) is 10.5. The van der Waals surface area contributed by atoms with Crippen molar-refractivity contribution in [3.8, 4) is 17.2 Å². The van der Waals surface area contributed by atoms with Crippen molar-refractivity contribution in [2.24, 2.45) is 0 Å². The zero-order chi connectivity index (χ0) is 21.3. The van der Waals surface area contributed by atoms with E-state index in [9.17, 15) is 13.6 Å². The first-order valence-corrected chi connectivity index (χ1v) is 9.07. The second-order valence-corrected chi connectivity index (χ2v) is 6.26. The molecule has 0 saturated carbocycles. The number of carbonyl (C=O) groups is 1. The van der Waals surface area contributed by atoms with Crippen LogP contribution in [0.4, 0.5) is 14.5 Å². The van der Waals surface area contributed by atoms with E-state index >= 15 is 0 Å². The fourth-order valence-electron chi connectivity index (χ4n) is 2.69. The van der Waals surface area contributed by atoms with Gasteiger partial charge >= 0.3 is 6.61 Å². The van der Waals surface area contributed by atoms with Gasteiger partial charge in [0.2, 0.25) is 5.91 Å². The molecule has 6 nitrogen and oxygen atoms in total. The summed E-state index contributed by atoms with van der Waals surface area (Å²) in [5.74, 6) is 0.791. The highest BCUT2D eigenvalue weighted by molar-refractivity contribution is 5.92. The Morgan fingerprint density at radius 1 is 1.07 bits per heavy atom. The molecule has 1 amide bonds. The lowest BCUT2D eigenvalue weighted by Gasteiger charge is -2.13. The number of rotatable bonds is 9. The van der Waals surface area contributed by atoms with Crippen LogP contribution in [0.15, 0.2) is 67.0 Å². The zero-order valence-corrected chi connectivity index (χ0v) is 16.2. The molecule has 3 rings (SSSR count). The van der Waals surface area contributed by atoms with Gasteiger partial charge in [-0.1, -0.05) is 18.2 Å². The van der Waals surface area contributed by atoms with Crippen LogP contribution in [0.3, 0.4) is 0 Å². The van der Waals surface area contributed by atoms with Gasteiger partial charge in [-0.15, -0.1) is 0 Å². The van der Waals surface area contributed by atoms with Crippen molar-refractivity contribution in [3.63, 3.8) is 0 Å². The molecule has 1 aromatic heterocycles. The minimum absolute atomic E-state index is 0.0414. The number of alkyl halides is 2. The Balaban J connectivity index is 1.61. The Morgan fingerprint density at radius 3 is 2.53 bits per heavy atom. The summed E-state index contributed by atoms with van der Waals surface area (Å²) in [5, 5.41) is 2.79. The Labute approximate surface area is 172 Å². The standard InChI is InChI=1S/C22H20F2N2O4/c1-28-19-9-6-17(12-20(19)29-14-16-3-2-10-25-13-16)26-21(27)11-15-4-7-18(8-5-15)30-22(23)24/h2-10,12-13,22H,11,14H2,1H3,(H,26,27).